The Morgan fingerprint density at radius 1 is 1.12 bits per heavy atom. The maximum Gasteiger partial charge on any atom is 0.255 e. The van der Waals surface area contributed by atoms with Crippen LogP contribution in [0.25, 0.3) is 0 Å². The fraction of sp³-hybridized carbons (Fsp3) is 0.278. The number of carbonyl (C=O) groups excluding carboxylic acids is 1. The first kappa shape index (κ1) is 18.1. The van der Waals surface area contributed by atoms with E-state index in [-0.39, 0.29) is 18.6 Å². The molecule has 0 spiro atoms. The largest absolute Gasteiger partial charge is 0.497 e. The second-order valence-electron chi connectivity index (χ2n) is 5.02. The Hall–Kier alpha value is -2.24. The second-order valence-corrected chi connectivity index (χ2v) is 5.43. The molecular formula is C18H20ClNO4. The summed E-state index contributed by atoms with van der Waals surface area (Å²) in [7, 11) is 4.64. The minimum atomic E-state index is -0.341. The van der Waals surface area contributed by atoms with E-state index in [1.807, 2.05) is 18.2 Å². The lowest BCUT2D eigenvalue weighted by atomic mass is 10.1. The lowest BCUT2D eigenvalue weighted by molar-refractivity contribution is 0.0826. The van der Waals surface area contributed by atoms with Crippen LogP contribution >= 0.6 is 11.6 Å². The summed E-state index contributed by atoms with van der Waals surface area (Å²) in [6.45, 7) is 0.286. The third-order valence-electron chi connectivity index (χ3n) is 3.64. The van der Waals surface area contributed by atoms with Crippen molar-refractivity contribution >= 4 is 17.5 Å². The maximum atomic E-state index is 12.4. The van der Waals surface area contributed by atoms with E-state index in [1.165, 1.54) is 7.11 Å². The summed E-state index contributed by atoms with van der Waals surface area (Å²) >= 11 is 6.18. The first-order valence-corrected chi connectivity index (χ1v) is 7.76. The molecule has 5 nitrogen and oxygen atoms in total. The summed E-state index contributed by atoms with van der Waals surface area (Å²) < 4.78 is 15.8. The highest BCUT2D eigenvalue weighted by atomic mass is 35.5. The molecule has 0 aliphatic carbocycles. The molecular weight excluding hydrogens is 330 g/mol. The molecule has 1 atom stereocenters. The number of hydrogen-bond donors (Lipinski definition) is 1. The van der Waals surface area contributed by atoms with Crippen LogP contribution in [0.2, 0.25) is 5.02 Å². The highest BCUT2D eigenvalue weighted by Crippen LogP contribution is 2.26. The first-order chi connectivity index (χ1) is 11.6. The van der Waals surface area contributed by atoms with Gasteiger partial charge in [0, 0.05) is 30.3 Å². The van der Waals surface area contributed by atoms with E-state index >= 15 is 0 Å². The van der Waals surface area contributed by atoms with Crippen molar-refractivity contribution in [2.45, 2.75) is 6.10 Å². The van der Waals surface area contributed by atoms with Crippen molar-refractivity contribution in [3.05, 3.63) is 58.6 Å². The van der Waals surface area contributed by atoms with Crippen molar-refractivity contribution in [3.8, 4) is 11.5 Å². The first-order valence-electron chi connectivity index (χ1n) is 7.38. The van der Waals surface area contributed by atoms with E-state index in [1.54, 1.807) is 38.5 Å². The SMILES string of the molecule is COc1ccc(C(=O)NCC(OC)c2ccccc2Cl)c(OC)c1. The Morgan fingerprint density at radius 3 is 2.50 bits per heavy atom. The van der Waals surface area contributed by atoms with Gasteiger partial charge in [-0.15, -0.1) is 0 Å². The van der Waals surface area contributed by atoms with Gasteiger partial charge in [-0.3, -0.25) is 4.79 Å². The molecule has 0 fully saturated rings. The number of hydrogen-bond acceptors (Lipinski definition) is 4. The Kier molecular flexibility index (Phi) is 6.46. The minimum absolute atomic E-state index is 0.261. The molecule has 2 rings (SSSR count). The quantitative estimate of drug-likeness (QED) is 0.831. The van der Waals surface area contributed by atoms with E-state index in [0.717, 1.165) is 5.56 Å². The average Bonchev–Trinajstić information content (AvgIpc) is 2.62. The molecule has 0 heterocycles. The van der Waals surface area contributed by atoms with Crippen LogP contribution in [0.15, 0.2) is 42.5 Å². The van der Waals surface area contributed by atoms with E-state index < -0.39 is 0 Å². The molecule has 0 radical (unpaired) electrons. The van der Waals surface area contributed by atoms with Gasteiger partial charge in [0.25, 0.3) is 5.91 Å². The summed E-state index contributed by atoms with van der Waals surface area (Å²) in [5.74, 6) is 0.802. The Morgan fingerprint density at radius 2 is 1.88 bits per heavy atom. The Bertz CT molecular complexity index is 705. The van der Waals surface area contributed by atoms with Gasteiger partial charge in [-0.05, 0) is 18.2 Å². The number of halogens is 1. The molecule has 1 unspecified atom stereocenters. The molecule has 0 aliphatic heterocycles. The minimum Gasteiger partial charge on any atom is -0.497 e. The Balaban J connectivity index is 2.11. The lowest BCUT2D eigenvalue weighted by Gasteiger charge is -2.18. The summed E-state index contributed by atoms with van der Waals surface area (Å²) in [6, 6.07) is 12.4. The number of amides is 1. The fourth-order valence-corrected chi connectivity index (χ4v) is 2.58. The van der Waals surface area contributed by atoms with Gasteiger partial charge in [-0.1, -0.05) is 29.8 Å². The Labute approximate surface area is 146 Å². The standard InChI is InChI=1S/C18H20ClNO4/c1-22-12-8-9-14(16(10-12)23-2)18(21)20-11-17(24-3)13-6-4-5-7-15(13)19/h4-10,17H,11H2,1-3H3,(H,20,21). The smallest absolute Gasteiger partial charge is 0.255 e. The average molecular weight is 350 g/mol. The van der Waals surface area contributed by atoms with Gasteiger partial charge in [0.05, 0.1) is 19.8 Å². The monoisotopic (exact) mass is 349 g/mol. The highest BCUT2D eigenvalue weighted by Gasteiger charge is 2.18. The van der Waals surface area contributed by atoms with Gasteiger partial charge in [0.1, 0.15) is 17.6 Å². The molecule has 0 bridgehead atoms. The molecule has 1 N–H and O–H groups in total. The predicted molar refractivity (Wildman–Crippen MR) is 93.1 cm³/mol. The molecule has 0 aliphatic rings. The number of rotatable bonds is 7. The second kappa shape index (κ2) is 8.57. The normalized spacial score (nSPS) is 11.7. The van der Waals surface area contributed by atoms with Crippen molar-refractivity contribution in [3.63, 3.8) is 0 Å². The molecule has 6 heteroatoms. The predicted octanol–water partition coefficient (Wildman–Crippen LogP) is 3.47. The summed E-state index contributed by atoms with van der Waals surface area (Å²) in [4.78, 5) is 12.4. The van der Waals surface area contributed by atoms with Crippen LogP contribution in [-0.2, 0) is 4.74 Å². The van der Waals surface area contributed by atoms with Gasteiger partial charge in [-0.2, -0.15) is 0 Å². The van der Waals surface area contributed by atoms with Crippen LogP contribution in [-0.4, -0.2) is 33.8 Å². The molecule has 24 heavy (non-hydrogen) atoms. The molecule has 0 aromatic heterocycles. The zero-order valence-electron chi connectivity index (χ0n) is 13.8. The topological polar surface area (TPSA) is 56.8 Å². The van der Waals surface area contributed by atoms with Crippen LogP contribution in [0.5, 0.6) is 11.5 Å². The van der Waals surface area contributed by atoms with E-state index in [0.29, 0.717) is 22.1 Å². The summed E-state index contributed by atoms with van der Waals surface area (Å²) in [5.41, 5.74) is 1.25. The van der Waals surface area contributed by atoms with Gasteiger partial charge in [-0.25, -0.2) is 0 Å². The van der Waals surface area contributed by atoms with Crippen molar-refractivity contribution in [2.75, 3.05) is 27.9 Å². The van der Waals surface area contributed by atoms with Gasteiger partial charge in [0.2, 0.25) is 0 Å². The van der Waals surface area contributed by atoms with Gasteiger partial charge < -0.3 is 19.5 Å². The van der Waals surface area contributed by atoms with Gasteiger partial charge in [0.15, 0.2) is 0 Å². The summed E-state index contributed by atoms with van der Waals surface area (Å²) in [5, 5.41) is 3.44. The number of benzene rings is 2. The van der Waals surface area contributed by atoms with E-state index in [4.69, 9.17) is 25.8 Å². The number of nitrogens with one attached hydrogen (secondary N) is 1. The van der Waals surface area contributed by atoms with Crippen LogP contribution < -0.4 is 14.8 Å². The summed E-state index contributed by atoms with van der Waals surface area (Å²) in [6.07, 6.45) is -0.341. The van der Waals surface area contributed by atoms with Crippen molar-refractivity contribution in [1.29, 1.82) is 0 Å². The maximum absolute atomic E-state index is 12.4. The van der Waals surface area contributed by atoms with Crippen molar-refractivity contribution < 1.29 is 19.0 Å². The molecule has 128 valence electrons. The van der Waals surface area contributed by atoms with Crippen LogP contribution in [0.1, 0.15) is 22.0 Å². The third-order valence-corrected chi connectivity index (χ3v) is 3.98. The fourth-order valence-electron chi connectivity index (χ4n) is 2.32. The van der Waals surface area contributed by atoms with Crippen molar-refractivity contribution in [2.24, 2.45) is 0 Å². The lowest BCUT2D eigenvalue weighted by Crippen LogP contribution is -2.29. The number of methoxy groups -OCH3 is 3. The van der Waals surface area contributed by atoms with E-state index in [2.05, 4.69) is 5.32 Å². The number of carbonyl (C=O) groups is 1. The molecule has 0 saturated heterocycles. The van der Waals surface area contributed by atoms with Crippen LogP contribution in [0.4, 0.5) is 0 Å². The van der Waals surface area contributed by atoms with E-state index in [9.17, 15) is 4.79 Å². The van der Waals surface area contributed by atoms with Crippen molar-refractivity contribution in [1.82, 2.24) is 5.32 Å². The van der Waals surface area contributed by atoms with Gasteiger partial charge >= 0.3 is 0 Å². The zero-order chi connectivity index (χ0) is 17.5. The molecule has 0 saturated carbocycles. The molecule has 2 aromatic carbocycles. The highest BCUT2D eigenvalue weighted by molar-refractivity contribution is 6.31. The zero-order valence-corrected chi connectivity index (χ0v) is 14.6. The van der Waals surface area contributed by atoms with Crippen LogP contribution in [0.3, 0.4) is 0 Å². The third kappa shape index (κ3) is 4.19. The number of ether oxygens (including phenoxy) is 3. The molecule has 2 aromatic rings. The molecule has 1 amide bonds. The van der Waals surface area contributed by atoms with Crippen LogP contribution in [0, 0.1) is 0 Å².